The van der Waals surface area contributed by atoms with Gasteiger partial charge in [0.1, 0.15) is 5.54 Å². The molecule has 1 unspecified atom stereocenters. The molecule has 2 N–H and O–H groups in total. The van der Waals surface area contributed by atoms with Crippen LogP contribution in [-0.4, -0.2) is 18.1 Å². The third kappa shape index (κ3) is 2.11. The molecule has 2 aliphatic rings. The number of hydrogen-bond acceptors (Lipinski definition) is 0. The first-order valence-electron chi connectivity index (χ1n) is 9.17. The number of quaternary nitrogens is 1. The Kier molecular flexibility index (Phi) is 3.53. The molecule has 0 amide bonds. The molecule has 4 rings (SSSR count). The Morgan fingerprint density at radius 3 is 3.05 bits per heavy atom. The Morgan fingerprint density at radius 2 is 2.18 bits per heavy atom. The summed E-state index contributed by atoms with van der Waals surface area (Å²) in [4.78, 5) is 5.66. The molecular formula is C20H29N2+. The summed E-state index contributed by atoms with van der Waals surface area (Å²) in [5.74, 6) is 0.944. The fourth-order valence-corrected chi connectivity index (χ4v) is 5.09. The van der Waals surface area contributed by atoms with Gasteiger partial charge in [0.2, 0.25) is 0 Å². The van der Waals surface area contributed by atoms with E-state index in [4.69, 9.17) is 0 Å². The second-order valence-corrected chi connectivity index (χ2v) is 7.71. The zero-order valence-electron chi connectivity index (χ0n) is 14.0. The third-order valence-corrected chi connectivity index (χ3v) is 6.34. The van der Waals surface area contributed by atoms with Crippen LogP contribution in [0.15, 0.2) is 24.3 Å². The molecular weight excluding hydrogens is 268 g/mol. The fraction of sp³-hybridized carbons (Fsp3) is 0.600. The third-order valence-electron chi connectivity index (χ3n) is 6.34. The Labute approximate surface area is 133 Å². The van der Waals surface area contributed by atoms with E-state index in [2.05, 4.69) is 43.1 Å². The van der Waals surface area contributed by atoms with Crippen molar-refractivity contribution in [2.75, 3.05) is 13.1 Å². The van der Waals surface area contributed by atoms with Crippen LogP contribution in [0.3, 0.4) is 0 Å². The van der Waals surface area contributed by atoms with Gasteiger partial charge in [0, 0.05) is 29.7 Å². The lowest BCUT2D eigenvalue weighted by Crippen LogP contribution is -3.19. The molecule has 0 spiro atoms. The first-order chi connectivity index (χ1) is 10.7. The average Bonchev–Trinajstić information content (AvgIpc) is 2.84. The highest BCUT2D eigenvalue weighted by Crippen LogP contribution is 2.36. The molecule has 2 nitrogen and oxygen atoms in total. The molecule has 3 heterocycles. The largest absolute Gasteiger partial charge is 0.353 e. The number of nitrogens with one attached hydrogen (secondary N) is 2. The lowest BCUT2D eigenvalue weighted by atomic mass is 9.79. The van der Waals surface area contributed by atoms with Crippen molar-refractivity contribution in [3.05, 3.63) is 35.5 Å². The Bertz CT molecular complexity index is 671. The van der Waals surface area contributed by atoms with E-state index in [1.54, 1.807) is 11.3 Å². The summed E-state index contributed by atoms with van der Waals surface area (Å²) in [6.45, 7) is 7.57. The number of H-pyrrole nitrogens is 1. The lowest BCUT2D eigenvalue weighted by molar-refractivity contribution is -0.968. The maximum atomic E-state index is 3.82. The normalized spacial score (nSPS) is 31.5. The van der Waals surface area contributed by atoms with Crippen LogP contribution < -0.4 is 4.90 Å². The lowest BCUT2D eigenvalue weighted by Gasteiger charge is -2.43. The summed E-state index contributed by atoms with van der Waals surface area (Å²) in [5.41, 5.74) is 4.80. The zero-order chi connectivity index (χ0) is 15.2. The Balaban J connectivity index is 1.77. The van der Waals surface area contributed by atoms with Crippen LogP contribution in [0.25, 0.3) is 10.9 Å². The summed E-state index contributed by atoms with van der Waals surface area (Å²) in [5, 5.41) is 1.47. The second kappa shape index (κ2) is 5.42. The van der Waals surface area contributed by atoms with Gasteiger partial charge in [0.05, 0.1) is 18.8 Å². The summed E-state index contributed by atoms with van der Waals surface area (Å²) in [6, 6.07) is 8.90. The second-order valence-electron chi connectivity index (χ2n) is 7.71. The number of benzene rings is 1. The Hall–Kier alpha value is -1.28. The SMILES string of the molecule is CCC[C@H]1CC[C@@]2(C)c3[nH]c4ccccc4c3CCC[NH+]2C1. The highest BCUT2D eigenvalue weighted by molar-refractivity contribution is 5.85. The summed E-state index contributed by atoms with van der Waals surface area (Å²) in [6.07, 6.45) is 8.08. The monoisotopic (exact) mass is 297 g/mol. The van der Waals surface area contributed by atoms with E-state index in [0.29, 0.717) is 5.54 Å². The van der Waals surface area contributed by atoms with Gasteiger partial charge in [-0.05, 0) is 37.8 Å². The van der Waals surface area contributed by atoms with Crippen molar-refractivity contribution < 1.29 is 4.90 Å². The first kappa shape index (κ1) is 14.3. The zero-order valence-corrected chi connectivity index (χ0v) is 14.0. The minimum atomic E-state index is 0.301. The van der Waals surface area contributed by atoms with Crippen LogP contribution in [-0.2, 0) is 12.0 Å². The van der Waals surface area contributed by atoms with Gasteiger partial charge < -0.3 is 9.88 Å². The molecule has 0 bridgehead atoms. The van der Waals surface area contributed by atoms with Crippen LogP contribution in [0.2, 0.25) is 0 Å². The van der Waals surface area contributed by atoms with Gasteiger partial charge in [0.15, 0.2) is 0 Å². The number of aryl methyl sites for hydroxylation is 1. The highest BCUT2D eigenvalue weighted by Gasteiger charge is 2.46. The van der Waals surface area contributed by atoms with Crippen LogP contribution in [0.5, 0.6) is 0 Å². The van der Waals surface area contributed by atoms with Crippen molar-refractivity contribution in [2.24, 2.45) is 5.92 Å². The molecule has 2 heteroatoms. The molecule has 1 fully saturated rings. The smallest absolute Gasteiger partial charge is 0.136 e. The molecule has 0 aliphatic carbocycles. The molecule has 1 aromatic carbocycles. The van der Waals surface area contributed by atoms with Gasteiger partial charge in [-0.2, -0.15) is 0 Å². The Morgan fingerprint density at radius 1 is 1.32 bits per heavy atom. The molecule has 3 atom stereocenters. The van der Waals surface area contributed by atoms with Crippen molar-refractivity contribution in [3.63, 3.8) is 0 Å². The van der Waals surface area contributed by atoms with Gasteiger partial charge in [-0.3, -0.25) is 0 Å². The summed E-state index contributed by atoms with van der Waals surface area (Å²) < 4.78 is 0. The molecule has 22 heavy (non-hydrogen) atoms. The molecule has 118 valence electrons. The van der Waals surface area contributed by atoms with Gasteiger partial charge in [0.25, 0.3) is 0 Å². The molecule has 0 saturated carbocycles. The van der Waals surface area contributed by atoms with E-state index in [9.17, 15) is 0 Å². The minimum Gasteiger partial charge on any atom is -0.353 e. The van der Waals surface area contributed by atoms with Crippen molar-refractivity contribution in [2.45, 2.75) is 57.9 Å². The number of aromatic nitrogens is 1. The van der Waals surface area contributed by atoms with E-state index in [-0.39, 0.29) is 0 Å². The van der Waals surface area contributed by atoms with Gasteiger partial charge in [-0.15, -0.1) is 0 Å². The number of piperidine rings is 1. The van der Waals surface area contributed by atoms with E-state index >= 15 is 0 Å². The average molecular weight is 297 g/mol. The number of fused-ring (bicyclic) bond motifs is 5. The number of para-hydroxylation sites is 1. The molecule has 0 radical (unpaired) electrons. The van der Waals surface area contributed by atoms with Crippen LogP contribution >= 0.6 is 0 Å². The predicted molar refractivity (Wildman–Crippen MR) is 92.3 cm³/mol. The van der Waals surface area contributed by atoms with Crippen molar-refractivity contribution in [1.29, 1.82) is 0 Å². The number of hydrogen-bond donors (Lipinski definition) is 2. The van der Waals surface area contributed by atoms with Gasteiger partial charge >= 0.3 is 0 Å². The molecule has 1 aromatic heterocycles. The van der Waals surface area contributed by atoms with Gasteiger partial charge in [-0.1, -0.05) is 31.5 Å². The molecule has 2 aliphatic heterocycles. The first-order valence-corrected chi connectivity index (χ1v) is 9.17. The fourth-order valence-electron chi connectivity index (χ4n) is 5.09. The maximum Gasteiger partial charge on any atom is 0.136 e. The van der Waals surface area contributed by atoms with E-state index in [0.717, 1.165) is 5.92 Å². The number of rotatable bonds is 2. The van der Waals surface area contributed by atoms with Gasteiger partial charge in [-0.25, -0.2) is 0 Å². The van der Waals surface area contributed by atoms with Crippen molar-refractivity contribution in [3.8, 4) is 0 Å². The summed E-state index contributed by atoms with van der Waals surface area (Å²) >= 11 is 0. The molecule has 2 aromatic rings. The predicted octanol–water partition coefficient (Wildman–Crippen LogP) is 3.42. The van der Waals surface area contributed by atoms with Crippen LogP contribution in [0, 0.1) is 5.92 Å². The highest BCUT2D eigenvalue weighted by atomic mass is 15.2. The van der Waals surface area contributed by atoms with Crippen molar-refractivity contribution in [1.82, 2.24) is 4.98 Å². The quantitative estimate of drug-likeness (QED) is 0.847. The van der Waals surface area contributed by atoms with E-state index in [1.807, 2.05) is 4.90 Å². The molecule has 1 saturated heterocycles. The maximum absolute atomic E-state index is 3.82. The van der Waals surface area contributed by atoms with Crippen molar-refractivity contribution >= 4 is 10.9 Å². The van der Waals surface area contributed by atoms with E-state index in [1.165, 1.54) is 62.5 Å². The standard InChI is InChI=1S/C20H28N2/c1-3-7-15-11-12-20(2)19-17(9-6-13-22(20)14-15)16-8-4-5-10-18(16)21-19/h4-5,8,10,15,21H,3,6-7,9,11-14H2,1-2H3/p+1/t15-,20-/m0/s1. The summed E-state index contributed by atoms with van der Waals surface area (Å²) in [7, 11) is 0. The topological polar surface area (TPSA) is 20.2 Å². The minimum absolute atomic E-state index is 0.301. The van der Waals surface area contributed by atoms with Crippen LogP contribution in [0.4, 0.5) is 0 Å². The number of aromatic amines is 1. The van der Waals surface area contributed by atoms with E-state index < -0.39 is 0 Å². The van der Waals surface area contributed by atoms with Crippen LogP contribution in [0.1, 0.15) is 57.2 Å².